The molecule has 0 unspecified atom stereocenters. The van der Waals surface area contributed by atoms with Crippen LogP contribution in [0.3, 0.4) is 0 Å². The Kier molecular flexibility index (Phi) is 4.15. The van der Waals surface area contributed by atoms with Gasteiger partial charge < -0.3 is 14.2 Å². The molecule has 0 aromatic heterocycles. The number of hydrogen-bond acceptors (Lipinski definition) is 6. The second-order valence-electron chi connectivity index (χ2n) is 4.97. The average Bonchev–Trinajstić information content (AvgIpc) is 3.06. The standard InChI is InChI=1S/C17H13NO6/c1-22-17(19)12-5-2-11(3-6-12)4-7-13-8-15-16(24-10-23-15)9-14(13)18(20)21/h2-9H,10H2,1H3/b7-4+. The Bertz CT molecular complexity index is 826. The molecular formula is C17H13NO6. The summed E-state index contributed by atoms with van der Waals surface area (Å²) in [5.41, 5.74) is 1.56. The van der Waals surface area contributed by atoms with Crippen LogP contribution >= 0.6 is 0 Å². The highest BCUT2D eigenvalue weighted by Gasteiger charge is 2.21. The SMILES string of the molecule is COC(=O)c1ccc(/C=C/c2cc3c(cc2[N+](=O)[O-])OCO3)cc1. The third kappa shape index (κ3) is 3.05. The summed E-state index contributed by atoms with van der Waals surface area (Å²) in [6.07, 6.45) is 3.33. The largest absolute Gasteiger partial charge is 0.465 e. The number of nitrogens with zero attached hydrogens (tertiary/aromatic N) is 1. The van der Waals surface area contributed by atoms with Crippen molar-refractivity contribution >= 4 is 23.8 Å². The fourth-order valence-electron chi connectivity index (χ4n) is 2.27. The number of methoxy groups -OCH3 is 1. The van der Waals surface area contributed by atoms with Crippen LogP contribution in [-0.4, -0.2) is 24.8 Å². The zero-order chi connectivity index (χ0) is 17.1. The van der Waals surface area contributed by atoms with Crippen molar-refractivity contribution in [3.8, 4) is 11.5 Å². The third-order valence-corrected chi connectivity index (χ3v) is 3.51. The van der Waals surface area contributed by atoms with Crippen molar-refractivity contribution in [2.45, 2.75) is 0 Å². The van der Waals surface area contributed by atoms with Crippen molar-refractivity contribution in [1.29, 1.82) is 0 Å². The molecule has 2 aromatic carbocycles. The molecule has 3 rings (SSSR count). The van der Waals surface area contributed by atoms with Crippen LogP contribution in [0, 0.1) is 10.1 Å². The Labute approximate surface area is 137 Å². The summed E-state index contributed by atoms with van der Waals surface area (Å²) in [6, 6.07) is 9.62. The van der Waals surface area contributed by atoms with E-state index in [4.69, 9.17) is 9.47 Å². The Morgan fingerprint density at radius 2 is 1.83 bits per heavy atom. The van der Waals surface area contributed by atoms with Gasteiger partial charge in [-0.05, 0) is 29.8 Å². The summed E-state index contributed by atoms with van der Waals surface area (Å²) in [6.45, 7) is 0.0502. The van der Waals surface area contributed by atoms with E-state index < -0.39 is 10.9 Å². The van der Waals surface area contributed by atoms with Gasteiger partial charge in [-0.2, -0.15) is 0 Å². The van der Waals surface area contributed by atoms with Crippen LogP contribution in [0.1, 0.15) is 21.5 Å². The van der Waals surface area contributed by atoms with Gasteiger partial charge in [-0.3, -0.25) is 10.1 Å². The molecule has 0 amide bonds. The summed E-state index contributed by atoms with van der Waals surface area (Å²) < 4.78 is 15.0. The first-order valence-corrected chi connectivity index (χ1v) is 7.03. The molecule has 0 saturated carbocycles. The minimum Gasteiger partial charge on any atom is -0.465 e. The summed E-state index contributed by atoms with van der Waals surface area (Å²) in [7, 11) is 1.31. The van der Waals surface area contributed by atoms with E-state index in [1.54, 1.807) is 42.5 Å². The van der Waals surface area contributed by atoms with Crippen LogP contribution in [0.2, 0.25) is 0 Å². The van der Waals surface area contributed by atoms with Gasteiger partial charge in [0.2, 0.25) is 6.79 Å². The number of esters is 1. The van der Waals surface area contributed by atoms with Crippen LogP contribution in [0.15, 0.2) is 36.4 Å². The van der Waals surface area contributed by atoms with Gasteiger partial charge in [-0.15, -0.1) is 0 Å². The molecule has 0 N–H and O–H groups in total. The minimum atomic E-state index is -0.470. The fraction of sp³-hybridized carbons (Fsp3) is 0.118. The maximum Gasteiger partial charge on any atom is 0.337 e. The predicted octanol–water partition coefficient (Wildman–Crippen LogP) is 3.28. The predicted molar refractivity (Wildman–Crippen MR) is 85.9 cm³/mol. The average molecular weight is 327 g/mol. The zero-order valence-electron chi connectivity index (χ0n) is 12.7. The molecule has 1 aliphatic rings. The molecule has 7 heteroatoms. The van der Waals surface area contributed by atoms with E-state index in [-0.39, 0.29) is 12.5 Å². The number of hydrogen-bond donors (Lipinski definition) is 0. The minimum absolute atomic E-state index is 0.0502. The molecule has 0 fully saturated rings. The molecule has 1 heterocycles. The van der Waals surface area contributed by atoms with Crippen LogP contribution in [0.5, 0.6) is 11.5 Å². The monoisotopic (exact) mass is 327 g/mol. The number of nitro groups is 1. The van der Waals surface area contributed by atoms with Crippen LogP contribution in [0.4, 0.5) is 5.69 Å². The lowest BCUT2D eigenvalue weighted by molar-refractivity contribution is -0.385. The maximum absolute atomic E-state index is 11.4. The molecule has 2 aromatic rings. The summed E-state index contributed by atoms with van der Waals surface area (Å²) in [4.78, 5) is 22.1. The molecule has 0 spiro atoms. The second-order valence-corrected chi connectivity index (χ2v) is 4.97. The molecule has 1 aliphatic heterocycles. The number of carbonyl (C=O) groups excluding carboxylic acids is 1. The molecule has 7 nitrogen and oxygen atoms in total. The third-order valence-electron chi connectivity index (χ3n) is 3.51. The highest BCUT2D eigenvalue weighted by atomic mass is 16.7. The van der Waals surface area contributed by atoms with Crippen molar-refractivity contribution in [2.24, 2.45) is 0 Å². The van der Waals surface area contributed by atoms with E-state index in [1.165, 1.54) is 13.2 Å². The van der Waals surface area contributed by atoms with Gasteiger partial charge in [0.1, 0.15) is 0 Å². The summed E-state index contributed by atoms with van der Waals surface area (Å²) in [5, 5.41) is 11.2. The van der Waals surface area contributed by atoms with Gasteiger partial charge in [-0.25, -0.2) is 4.79 Å². The number of ether oxygens (including phenoxy) is 3. The lowest BCUT2D eigenvalue weighted by Crippen LogP contribution is -2.00. The summed E-state index contributed by atoms with van der Waals surface area (Å²) >= 11 is 0. The van der Waals surface area contributed by atoms with Gasteiger partial charge in [0.15, 0.2) is 11.5 Å². The molecule has 0 aliphatic carbocycles. The van der Waals surface area contributed by atoms with Crippen LogP contribution in [-0.2, 0) is 4.74 Å². The lowest BCUT2D eigenvalue weighted by Gasteiger charge is -2.02. The second kappa shape index (κ2) is 6.41. The first-order valence-electron chi connectivity index (χ1n) is 7.03. The number of benzene rings is 2. The molecule has 0 radical (unpaired) electrons. The quantitative estimate of drug-likeness (QED) is 0.370. The van der Waals surface area contributed by atoms with Gasteiger partial charge in [0, 0.05) is 0 Å². The normalized spacial score (nSPS) is 12.4. The van der Waals surface area contributed by atoms with Crippen molar-refractivity contribution < 1.29 is 23.9 Å². The van der Waals surface area contributed by atoms with E-state index in [1.807, 2.05) is 0 Å². The van der Waals surface area contributed by atoms with Crippen molar-refractivity contribution in [3.05, 3.63) is 63.2 Å². The highest BCUT2D eigenvalue weighted by Crippen LogP contribution is 2.38. The Morgan fingerprint density at radius 1 is 1.17 bits per heavy atom. The van der Waals surface area contributed by atoms with Gasteiger partial charge >= 0.3 is 5.97 Å². The van der Waals surface area contributed by atoms with E-state index in [0.717, 1.165) is 5.56 Å². The Hall–Kier alpha value is -3.35. The molecule has 24 heavy (non-hydrogen) atoms. The van der Waals surface area contributed by atoms with E-state index in [2.05, 4.69) is 4.74 Å². The summed E-state index contributed by atoms with van der Waals surface area (Å²) in [5.74, 6) is 0.416. The van der Waals surface area contributed by atoms with Crippen molar-refractivity contribution in [1.82, 2.24) is 0 Å². The van der Waals surface area contributed by atoms with E-state index in [0.29, 0.717) is 22.6 Å². The van der Waals surface area contributed by atoms with Gasteiger partial charge in [-0.1, -0.05) is 18.2 Å². The smallest absolute Gasteiger partial charge is 0.337 e. The maximum atomic E-state index is 11.4. The van der Waals surface area contributed by atoms with Crippen LogP contribution in [0.25, 0.3) is 12.2 Å². The lowest BCUT2D eigenvalue weighted by atomic mass is 10.1. The fourth-order valence-corrected chi connectivity index (χ4v) is 2.27. The molecule has 122 valence electrons. The molecule has 0 atom stereocenters. The first kappa shape index (κ1) is 15.5. The molecular weight excluding hydrogens is 314 g/mol. The molecule has 0 saturated heterocycles. The topological polar surface area (TPSA) is 87.9 Å². The van der Waals surface area contributed by atoms with Crippen molar-refractivity contribution in [3.63, 3.8) is 0 Å². The Balaban J connectivity index is 1.89. The van der Waals surface area contributed by atoms with E-state index in [9.17, 15) is 14.9 Å². The van der Waals surface area contributed by atoms with Crippen molar-refractivity contribution in [2.75, 3.05) is 13.9 Å². The van der Waals surface area contributed by atoms with E-state index >= 15 is 0 Å². The molecule has 0 bridgehead atoms. The zero-order valence-corrected chi connectivity index (χ0v) is 12.7. The number of rotatable bonds is 4. The first-order chi connectivity index (χ1) is 11.6. The highest BCUT2D eigenvalue weighted by molar-refractivity contribution is 5.89. The number of fused-ring (bicyclic) bond motifs is 1. The van der Waals surface area contributed by atoms with Gasteiger partial charge in [0.25, 0.3) is 5.69 Å². The Morgan fingerprint density at radius 3 is 2.46 bits per heavy atom. The van der Waals surface area contributed by atoms with Gasteiger partial charge in [0.05, 0.1) is 29.2 Å². The number of nitro benzene ring substituents is 1. The van der Waals surface area contributed by atoms with Crippen LogP contribution < -0.4 is 9.47 Å². The number of carbonyl (C=O) groups is 1.